The van der Waals surface area contributed by atoms with Gasteiger partial charge in [0.2, 0.25) is 0 Å². The van der Waals surface area contributed by atoms with Crippen LogP contribution in [0.3, 0.4) is 0 Å². The molecule has 0 radical (unpaired) electrons. The van der Waals surface area contributed by atoms with Crippen LogP contribution in [-0.4, -0.2) is 18.0 Å². The molecule has 2 bridgehead atoms. The molecule has 2 aliphatic rings. The first-order valence-corrected chi connectivity index (χ1v) is 7.79. The number of amides is 1. The number of carbonyl (C=O) groups is 1. The Bertz CT molecular complexity index is 480. The maximum atomic E-state index is 11.9. The van der Waals surface area contributed by atoms with Gasteiger partial charge < -0.3 is 10.6 Å². The van der Waals surface area contributed by atoms with Gasteiger partial charge in [-0.1, -0.05) is 6.42 Å². The highest BCUT2D eigenvalue weighted by Gasteiger charge is 2.39. The molecule has 3 heteroatoms. The summed E-state index contributed by atoms with van der Waals surface area (Å²) in [6, 6.07) is 8.70. The van der Waals surface area contributed by atoms with Crippen molar-refractivity contribution < 1.29 is 4.79 Å². The molecule has 2 saturated carbocycles. The van der Waals surface area contributed by atoms with E-state index in [1.807, 2.05) is 38.1 Å². The molecular weight excluding hydrogens is 248 g/mol. The quantitative estimate of drug-likeness (QED) is 0.881. The third kappa shape index (κ3) is 2.82. The zero-order valence-electron chi connectivity index (χ0n) is 12.4. The van der Waals surface area contributed by atoms with Crippen molar-refractivity contribution in [2.75, 3.05) is 5.32 Å². The number of rotatable bonds is 4. The maximum absolute atomic E-state index is 11.9. The van der Waals surface area contributed by atoms with Crippen LogP contribution in [0.5, 0.6) is 0 Å². The van der Waals surface area contributed by atoms with Crippen molar-refractivity contribution in [3.63, 3.8) is 0 Å². The van der Waals surface area contributed by atoms with Gasteiger partial charge >= 0.3 is 0 Å². The van der Waals surface area contributed by atoms with Crippen molar-refractivity contribution >= 4 is 11.6 Å². The van der Waals surface area contributed by atoms with Gasteiger partial charge in [0.25, 0.3) is 5.91 Å². The maximum Gasteiger partial charge on any atom is 0.251 e. The van der Waals surface area contributed by atoms with E-state index in [9.17, 15) is 4.79 Å². The normalized spacial score (nSPS) is 27.9. The summed E-state index contributed by atoms with van der Waals surface area (Å²) in [5.41, 5.74) is 1.88. The lowest BCUT2D eigenvalue weighted by molar-refractivity contribution is 0.0943. The Balaban J connectivity index is 1.60. The second kappa shape index (κ2) is 5.47. The smallest absolute Gasteiger partial charge is 0.251 e. The first-order chi connectivity index (χ1) is 9.61. The second-order valence-electron chi connectivity index (χ2n) is 6.63. The van der Waals surface area contributed by atoms with Crippen LogP contribution in [0.15, 0.2) is 24.3 Å². The minimum Gasteiger partial charge on any atom is -0.382 e. The van der Waals surface area contributed by atoms with Gasteiger partial charge in [-0.25, -0.2) is 0 Å². The standard InChI is InChI=1S/C17H24N2O/c1-11(2)18-17(20)13-5-7-15(8-6-13)19-16-10-12-3-4-14(16)9-12/h5-8,11-12,14,16,19H,3-4,9-10H2,1-2H3,(H,18,20). The molecule has 0 saturated heterocycles. The van der Waals surface area contributed by atoms with Gasteiger partial charge in [-0.05, 0) is 69.2 Å². The lowest BCUT2D eigenvalue weighted by Crippen LogP contribution is -2.30. The molecule has 0 aliphatic heterocycles. The minimum atomic E-state index is 0.00599. The van der Waals surface area contributed by atoms with E-state index in [1.165, 1.54) is 25.7 Å². The average Bonchev–Trinajstić information content (AvgIpc) is 3.01. The van der Waals surface area contributed by atoms with Gasteiger partial charge in [-0.15, -0.1) is 0 Å². The molecule has 1 aromatic carbocycles. The van der Waals surface area contributed by atoms with E-state index < -0.39 is 0 Å². The van der Waals surface area contributed by atoms with Crippen LogP contribution in [0.25, 0.3) is 0 Å². The lowest BCUT2D eigenvalue weighted by Gasteiger charge is -2.24. The zero-order chi connectivity index (χ0) is 14.1. The molecular formula is C17H24N2O. The molecule has 2 fully saturated rings. The van der Waals surface area contributed by atoms with E-state index in [0.717, 1.165) is 23.1 Å². The van der Waals surface area contributed by atoms with Crippen LogP contribution in [0.1, 0.15) is 49.9 Å². The highest BCUT2D eigenvalue weighted by atomic mass is 16.1. The van der Waals surface area contributed by atoms with E-state index in [2.05, 4.69) is 10.6 Å². The molecule has 3 unspecified atom stereocenters. The highest BCUT2D eigenvalue weighted by molar-refractivity contribution is 5.94. The molecule has 108 valence electrons. The molecule has 3 nitrogen and oxygen atoms in total. The first-order valence-electron chi connectivity index (χ1n) is 7.79. The van der Waals surface area contributed by atoms with Crippen molar-refractivity contribution in [3.8, 4) is 0 Å². The predicted octanol–water partition coefficient (Wildman–Crippen LogP) is 3.43. The van der Waals surface area contributed by atoms with E-state index >= 15 is 0 Å². The largest absolute Gasteiger partial charge is 0.382 e. The molecule has 3 rings (SSSR count). The van der Waals surface area contributed by atoms with Gasteiger partial charge in [-0.3, -0.25) is 4.79 Å². The molecule has 2 aliphatic carbocycles. The molecule has 3 atom stereocenters. The Morgan fingerprint density at radius 3 is 2.45 bits per heavy atom. The van der Waals surface area contributed by atoms with E-state index in [0.29, 0.717) is 6.04 Å². The second-order valence-corrected chi connectivity index (χ2v) is 6.63. The Labute approximate surface area is 121 Å². The topological polar surface area (TPSA) is 41.1 Å². The number of hydrogen-bond acceptors (Lipinski definition) is 2. The van der Waals surface area contributed by atoms with Gasteiger partial charge in [0.15, 0.2) is 0 Å². The van der Waals surface area contributed by atoms with E-state index in [4.69, 9.17) is 0 Å². The van der Waals surface area contributed by atoms with Crippen molar-refractivity contribution in [3.05, 3.63) is 29.8 Å². The van der Waals surface area contributed by atoms with E-state index in [-0.39, 0.29) is 11.9 Å². The van der Waals surface area contributed by atoms with Crippen LogP contribution >= 0.6 is 0 Å². The average molecular weight is 272 g/mol. The molecule has 0 heterocycles. The summed E-state index contributed by atoms with van der Waals surface area (Å²) in [5, 5.41) is 6.56. The molecule has 2 N–H and O–H groups in total. The Kier molecular flexibility index (Phi) is 3.68. The third-order valence-electron chi connectivity index (χ3n) is 4.66. The summed E-state index contributed by atoms with van der Waals surface area (Å²) in [5.74, 6) is 1.82. The summed E-state index contributed by atoms with van der Waals surface area (Å²) in [4.78, 5) is 11.9. The van der Waals surface area contributed by atoms with Gasteiger partial charge in [0.1, 0.15) is 0 Å². The van der Waals surface area contributed by atoms with Crippen molar-refractivity contribution in [2.45, 2.75) is 51.6 Å². The fourth-order valence-corrected chi connectivity index (χ4v) is 3.70. The Morgan fingerprint density at radius 2 is 1.90 bits per heavy atom. The van der Waals surface area contributed by atoms with Crippen LogP contribution in [0.4, 0.5) is 5.69 Å². The predicted molar refractivity (Wildman–Crippen MR) is 81.9 cm³/mol. The van der Waals surface area contributed by atoms with Crippen molar-refractivity contribution in [1.82, 2.24) is 5.32 Å². The van der Waals surface area contributed by atoms with Crippen LogP contribution in [-0.2, 0) is 0 Å². The molecule has 20 heavy (non-hydrogen) atoms. The van der Waals surface area contributed by atoms with Gasteiger partial charge in [0.05, 0.1) is 0 Å². The van der Waals surface area contributed by atoms with Crippen LogP contribution < -0.4 is 10.6 Å². The number of fused-ring (bicyclic) bond motifs is 2. The molecule has 0 spiro atoms. The number of nitrogens with one attached hydrogen (secondary N) is 2. The zero-order valence-corrected chi connectivity index (χ0v) is 12.4. The summed E-state index contributed by atoms with van der Waals surface area (Å²) in [6.45, 7) is 3.95. The van der Waals surface area contributed by atoms with Gasteiger partial charge in [-0.2, -0.15) is 0 Å². The summed E-state index contributed by atoms with van der Waals surface area (Å²) in [6.07, 6.45) is 5.54. The van der Waals surface area contributed by atoms with Crippen molar-refractivity contribution in [1.29, 1.82) is 0 Å². The molecule has 1 amide bonds. The first kappa shape index (κ1) is 13.5. The molecule has 1 aromatic rings. The molecule has 0 aromatic heterocycles. The summed E-state index contributed by atoms with van der Waals surface area (Å²) < 4.78 is 0. The number of carbonyl (C=O) groups excluding carboxylic acids is 1. The monoisotopic (exact) mass is 272 g/mol. The van der Waals surface area contributed by atoms with Gasteiger partial charge in [0, 0.05) is 23.3 Å². The number of anilines is 1. The number of hydrogen-bond donors (Lipinski definition) is 2. The highest BCUT2D eigenvalue weighted by Crippen LogP contribution is 2.45. The van der Waals surface area contributed by atoms with Crippen molar-refractivity contribution in [2.24, 2.45) is 11.8 Å². The Hall–Kier alpha value is -1.51. The fourth-order valence-electron chi connectivity index (χ4n) is 3.70. The van der Waals surface area contributed by atoms with Crippen LogP contribution in [0, 0.1) is 11.8 Å². The summed E-state index contributed by atoms with van der Waals surface area (Å²) >= 11 is 0. The minimum absolute atomic E-state index is 0.00599. The fraction of sp³-hybridized carbons (Fsp3) is 0.588. The summed E-state index contributed by atoms with van der Waals surface area (Å²) in [7, 11) is 0. The number of benzene rings is 1. The Morgan fingerprint density at radius 1 is 1.15 bits per heavy atom. The van der Waals surface area contributed by atoms with E-state index in [1.54, 1.807) is 0 Å². The van der Waals surface area contributed by atoms with Crippen LogP contribution in [0.2, 0.25) is 0 Å². The third-order valence-corrected chi connectivity index (χ3v) is 4.66. The SMILES string of the molecule is CC(C)NC(=O)c1ccc(NC2CC3CCC2C3)cc1. The lowest BCUT2D eigenvalue weighted by atomic mass is 9.95.